The maximum absolute atomic E-state index is 11.7. The highest BCUT2D eigenvalue weighted by Crippen LogP contribution is 2.22. The summed E-state index contributed by atoms with van der Waals surface area (Å²) >= 11 is 11.8. The van der Waals surface area contributed by atoms with Crippen LogP contribution >= 0.6 is 50.2 Å². The highest BCUT2D eigenvalue weighted by atomic mass is 79.9. The van der Waals surface area contributed by atoms with Crippen LogP contribution in [0.3, 0.4) is 0 Å². The van der Waals surface area contributed by atoms with Crippen molar-refractivity contribution in [1.82, 2.24) is 16.2 Å². The first kappa shape index (κ1) is 16.3. The van der Waals surface area contributed by atoms with Crippen LogP contribution in [0.2, 0.25) is 4.34 Å². The molecule has 3 N–H and O–H groups in total. The molecule has 0 unspecified atom stereocenters. The van der Waals surface area contributed by atoms with E-state index in [1.165, 1.54) is 22.7 Å². The normalized spacial score (nSPS) is 10.2. The number of thiophene rings is 2. The molecule has 21 heavy (non-hydrogen) atoms. The second-order valence-electron chi connectivity index (χ2n) is 3.89. The number of rotatable bonds is 4. The Morgan fingerprint density at radius 1 is 1.14 bits per heavy atom. The van der Waals surface area contributed by atoms with Crippen molar-refractivity contribution in [2.75, 3.05) is 6.54 Å². The molecule has 112 valence electrons. The highest BCUT2D eigenvalue weighted by molar-refractivity contribution is 9.11. The number of nitrogens with one attached hydrogen (secondary N) is 3. The van der Waals surface area contributed by atoms with Crippen LogP contribution in [-0.4, -0.2) is 18.5 Å². The topological polar surface area (TPSA) is 70.2 Å². The average Bonchev–Trinajstić information content (AvgIpc) is 3.05. The molecule has 3 amide bonds. The quantitative estimate of drug-likeness (QED) is 0.679. The van der Waals surface area contributed by atoms with Crippen molar-refractivity contribution >= 4 is 62.1 Å². The third-order valence-electron chi connectivity index (χ3n) is 2.37. The molecule has 0 aliphatic rings. The third kappa shape index (κ3) is 5.31. The molecule has 0 bridgehead atoms. The van der Waals surface area contributed by atoms with Crippen molar-refractivity contribution in [3.05, 3.63) is 42.1 Å². The number of carbonyl (C=O) groups is 2. The molecule has 0 aliphatic carbocycles. The van der Waals surface area contributed by atoms with Gasteiger partial charge in [-0.1, -0.05) is 11.6 Å². The Morgan fingerprint density at radius 3 is 2.57 bits per heavy atom. The molecule has 2 rings (SSSR count). The lowest BCUT2D eigenvalue weighted by atomic mass is 10.3. The van der Waals surface area contributed by atoms with Gasteiger partial charge in [-0.3, -0.25) is 10.2 Å². The van der Waals surface area contributed by atoms with Crippen molar-refractivity contribution in [3.8, 4) is 0 Å². The van der Waals surface area contributed by atoms with Crippen LogP contribution < -0.4 is 16.2 Å². The van der Waals surface area contributed by atoms with Crippen LogP contribution in [-0.2, 0) is 6.42 Å². The molecule has 2 aromatic heterocycles. The zero-order valence-electron chi connectivity index (χ0n) is 10.6. The number of halogens is 2. The number of urea groups is 1. The van der Waals surface area contributed by atoms with Gasteiger partial charge in [-0.05, 0) is 46.6 Å². The predicted molar refractivity (Wildman–Crippen MR) is 89.1 cm³/mol. The zero-order chi connectivity index (χ0) is 15.2. The van der Waals surface area contributed by atoms with Gasteiger partial charge in [-0.2, -0.15) is 0 Å². The van der Waals surface area contributed by atoms with E-state index in [1.54, 1.807) is 12.1 Å². The van der Waals surface area contributed by atoms with E-state index in [1.807, 2.05) is 12.1 Å². The number of carbonyl (C=O) groups excluding carboxylic acids is 2. The second kappa shape index (κ2) is 7.79. The summed E-state index contributed by atoms with van der Waals surface area (Å²) in [6.07, 6.45) is 0.691. The van der Waals surface area contributed by atoms with Crippen LogP contribution in [0.4, 0.5) is 4.79 Å². The Morgan fingerprint density at radius 2 is 1.95 bits per heavy atom. The van der Waals surface area contributed by atoms with E-state index in [4.69, 9.17) is 11.6 Å². The number of hydrazine groups is 1. The van der Waals surface area contributed by atoms with Crippen molar-refractivity contribution in [1.29, 1.82) is 0 Å². The predicted octanol–water partition coefficient (Wildman–Crippen LogP) is 3.41. The van der Waals surface area contributed by atoms with Crippen LogP contribution in [0.1, 0.15) is 14.5 Å². The first-order valence-corrected chi connectivity index (χ1v) is 8.69. The van der Waals surface area contributed by atoms with E-state index < -0.39 is 6.03 Å². The van der Waals surface area contributed by atoms with Gasteiger partial charge in [-0.15, -0.1) is 22.7 Å². The molecule has 0 aromatic carbocycles. The molecule has 0 saturated heterocycles. The van der Waals surface area contributed by atoms with Crippen molar-refractivity contribution in [2.24, 2.45) is 0 Å². The largest absolute Gasteiger partial charge is 0.336 e. The van der Waals surface area contributed by atoms with E-state index >= 15 is 0 Å². The molecule has 0 radical (unpaired) electrons. The SMILES string of the molecule is O=C(NCCc1ccc(Cl)s1)NNC(=O)c1ccc(Br)s1. The summed E-state index contributed by atoms with van der Waals surface area (Å²) in [5.74, 6) is -0.356. The fourth-order valence-electron chi connectivity index (χ4n) is 1.44. The Hall–Kier alpha value is -1.09. The highest BCUT2D eigenvalue weighted by Gasteiger charge is 2.09. The molecular formula is C12H11BrClN3O2S2. The van der Waals surface area contributed by atoms with Crippen molar-refractivity contribution in [2.45, 2.75) is 6.42 Å². The molecule has 0 aliphatic heterocycles. The fourth-order valence-corrected chi connectivity index (χ4v) is 3.81. The van der Waals surface area contributed by atoms with Gasteiger partial charge in [0.05, 0.1) is 13.0 Å². The summed E-state index contributed by atoms with van der Waals surface area (Å²) in [5, 5.41) is 2.65. The van der Waals surface area contributed by atoms with Crippen molar-refractivity contribution in [3.63, 3.8) is 0 Å². The van der Waals surface area contributed by atoms with Gasteiger partial charge < -0.3 is 5.32 Å². The van der Waals surface area contributed by atoms with Gasteiger partial charge >= 0.3 is 6.03 Å². The molecule has 0 atom stereocenters. The van der Waals surface area contributed by atoms with Crippen LogP contribution in [0.15, 0.2) is 28.1 Å². The lowest BCUT2D eigenvalue weighted by Gasteiger charge is -2.07. The minimum absolute atomic E-state index is 0.356. The van der Waals surface area contributed by atoms with E-state index in [2.05, 4.69) is 32.1 Å². The smallest absolute Gasteiger partial charge is 0.333 e. The minimum atomic E-state index is -0.457. The van der Waals surface area contributed by atoms with Crippen LogP contribution in [0.5, 0.6) is 0 Å². The number of amides is 3. The summed E-state index contributed by atoms with van der Waals surface area (Å²) < 4.78 is 1.58. The van der Waals surface area contributed by atoms with Gasteiger partial charge in [0.2, 0.25) is 0 Å². The summed E-state index contributed by atoms with van der Waals surface area (Å²) in [4.78, 5) is 24.8. The van der Waals surface area contributed by atoms with E-state index in [0.29, 0.717) is 17.8 Å². The van der Waals surface area contributed by atoms with Gasteiger partial charge in [-0.25, -0.2) is 10.2 Å². The monoisotopic (exact) mass is 407 g/mol. The summed E-state index contributed by atoms with van der Waals surface area (Å²) in [5.41, 5.74) is 4.64. The lowest BCUT2D eigenvalue weighted by molar-refractivity contribution is 0.0940. The van der Waals surface area contributed by atoms with Crippen LogP contribution in [0, 0.1) is 0 Å². The Balaban J connectivity index is 1.66. The van der Waals surface area contributed by atoms with Crippen molar-refractivity contribution < 1.29 is 9.59 Å². The maximum atomic E-state index is 11.7. The molecule has 9 heteroatoms. The standard InChI is InChI=1S/C12H11BrClN3O2S2/c13-9-3-2-8(21-9)11(18)16-17-12(19)15-6-5-7-1-4-10(14)20-7/h1-4H,5-6H2,(H,16,18)(H2,15,17,19). The van der Waals surface area contributed by atoms with Gasteiger partial charge in [0.1, 0.15) is 0 Å². The zero-order valence-corrected chi connectivity index (χ0v) is 14.6. The third-order valence-corrected chi connectivity index (χ3v) is 5.29. The van der Waals surface area contributed by atoms with E-state index in [9.17, 15) is 9.59 Å². The van der Waals surface area contributed by atoms with Gasteiger partial charge in [0, 0.05) is 11.4 Å². The Labute approximate surface area is 142 Å². The fraction of sp³-hybridized carbons (Fsp3) is 0.167. The lowest BCUT2D eigenvalue weighted by Crippen LogP contribution is -2.47. The molecule has 0 spiro atoms. The minimum Gasteiger partial charge on any atom is -0.336 e. The number of hydrogen-bond acceptors (Lipinski definition) is 4. The van der Waals surface area contributed by atoms with E-state index in [-0.39, 0.29) is 5.91 Å². The van der Waals surface area contributed by atoms with Crippen LogP contribution in [0.25, 0.3) is 0 Å². The number of hydrogen-bond donors (Lipinski definition) is 3. The molecular weight excluding hydrogens is 398 g/mol. The molecule has 2 heterocycles. The Bertz CT molecular complexity index is 644. The summed E-state index contributed by atoms with van der Waals surface area (Å²) in [6.45, 7) is 0.461. The molecule has 5 nitrogen and oxygen atoms in total. The average molecular weight is 409 g/mol. The van der Waals surface area contributed by atoms with E-state index in [0.717, 1.165) is 13.0 Å². The second-order valence-corrected chi connectivity index (χ2v) is 8.16. The molecule has 0 fully saturated rings. The molecule has 2 aromatic rings. The van der Waals surface area contributed by atoms with Gasteiger partial charge in [0.25, 0.3) is 5.91 Å². The first-order chi connectivity index (χ1) is 10.0. The maximum Gasteiger partial charge on any atom is 0.333 e. The van der Waals surface area contributed by atoms with Gasteiger partial charge in [0.15, 0.2) is 0 Å². The summed E-state index contributed by atoms with van der Waals surface area (Å²) in [7, 11) is 0. The Kier molecular flexibility index (Phi) is 6.04. The summed E-state index contributed by atoms with van der Waals surface area (Å²) in [6, 6.07) is 6.72. The molecule has 0 saturated carbocycles. The first-order valence-electron chi connectivity index (χ1n) is 5.88.